The summed E-state index contributed by atoms with van der Waals surface area (Å²) in [5, 5.41) is 3.01. The van der Waals surface area contributed by atoms with Crippen molar-refractivity contribution < 1.29 is 4.79 Å². The van der Waals surface area contributed by atoms with Crippen LogP contribution in [0.5, 0.6) is 0 Å². The van der Waals surface area contributed by atoms with E-state index in [1.54, 1.807) is 12.1 Å². The summed E-state index contributed by atoms with van der Waals surface area (Å²) in [6, 6.07) is 7.37. The maximum Gasteiger partial charge on any atom is 0.240 e. The van der Waals surface area contributed by atoms with Crippen LogP contribution in [0.2, 0.25) is 0 Å². The summed E-state index contributed by atoms with van der Waals surface area (Å²) in [5.41, 5.74) is 1.72. The molecule has 1 N–H and O–H groups in total. The van der Waals surface area contributed by atoms with Gasteiger partial charge in [-0.3, -0.25) is 0 Å². The van der Waals surface area contributed by atoms with E-state index in [0.717, 1.165) is 12.1 Å². The predicted molar refractivity (Wildman–Crippen MR) is 57.2 cm³/mol. The van der Waals surface area contributed by atoms with Crippen LogP contribution in [0, 0.1) is 0 Å². The van der Waals surface area contributed by atoms with Crippen molar-refractivity contribution >= 4 is 17.8 Å². The third-order valence-corrected chi connectivity index (χ3v) is 1.70. The van der Waals surface area contributed by atoms with Crippen molar-refractivity contribution in [2.24, 2.45) is 4.99 Å². The van der Waals surface area contributed by atoms with E-state index in [2.05, 4.69) is 10.3 Å². The van der Waals surface area contributed by atoms with Gasteiger partial charge in [-0.2, -0.15) is 4.99 Å². The summed E-state index contributed by atoms with van der Waals surface area (Å²) in [6.07, 6.45) is 5.53. The normalized spacial score (nSPS) is 10.1. The van der Waals surface area contributed by atoms with Gasteiger partial charge in [0.25, 0.3) is 0 Å². The van der Waals surface area contributed by atoms with Gasteiger partial charge in [0.15, 0.2) is 0 Å². The van der Waals surface area contributed by atoms with Crippen molar-refractivity contribution in [3.8, 4) is 0 Å². The topological polar surface area (TPSA) is 41.5 Å². The summed E-state index contributed by atoms with van der Waals surface area (Å²) >= 11 is 0. The molecule has 0 unspecified atom stereocenters. The molecular weight excluding hydrogens is 176 g/mol. The minimum Gasteiger partial charge on any atom is -0.316 e. The molecule has 0 aromatic heterocycles. The van der Waals surface area contributed by atoms with Crippen LogP contribution in [-0.2, 0) is 4.79 Å². The summed E-state index contributed by atoms with van der Waals surface area (Å²) in [7, 11) is 1.90. The molecule has 0 aliphatic rings. The van der Waals surface area contributed by atoms with Crippen LogP contribution in [0.4, 0.5) is 5.69 Å². The van der Waals surface area contributed by atoms with Gasteiger partial charge in [-0.05, 0) is 24.7 Å². The molecule has 0 heterocycles. The van der Waals surface area contributed by atoms with Crippen molar-refractivity contribution in [2.45, 2.75) is 0 Å². The Morgan fingerprint density at radius 1 is 1.43 bits per heavy atom. The van der Waals surface area contributed by atoms with E-state index in [1.807, 2.05) is 31.3 Å². The summed E-state index contributed by atoms with van der Waals surface area (Å²) in [4.78, 5) is 13.5. The first-order chi connectivity index (χ1) is 6.86. The number of hydrogen-bond donors (Lipinski definition) is 1. The quantitative estimate of drug-likeness (QED) is 0.579. The molecule has 0 bridgehead atoms. The van der Waals surface area contributed by atoms with E-state index in [1.165, 1.54) is 6.08 Å². The smallest absolute Gasteiger partial charge is 0.240 e. The largest absolute Gasteiger partial charge is 0.316 e. The highest BCUT2D eigenvalue weighted by Crippen LogP contribution is 2.12. The lowest BCUT2D eigenvalue weighted by Gasteiger charge is -1.94. The number of isocyanates is 1. The molecule has 3 nitrogen and oxygen atoms in total. The minimum absolute atomic E-state index is 0.630. The zero-order valence-corrected chi connectivity index (χ0v) is 8.03. The molecule has 0 saturated heterocycles. The van der Waals surface area contributed by atoms with Crippen LogP contribution in [0.15, 0.2) is 35.3 Å². The van der Waals surface area contributed by atoms with Gasteiger partial charge < -0.3 is 5.32 Å². The maximum absolute atomic E-state index is 9.96. The zero-order chi connectivity index (χ0) is 10.2. The summed E-state index contributed by atoms with van der Waals surface area (Å²) in [6.45, 7) is 0.842. The van der Waals surface area contributed by atoms with Crippen molar-refractivity contribution in [1.82, 2.24) is 5.32 Å². The van der Waals surface area contributed by atoms with Crippen molar-refractivity contribution in [3.05, 3.63) is 35.9 Å². The lowest BCUT2D eigenvalue weighted by Crippen LogP contribution is -2.03. The van der Waals surface area contributed by atoms with Crippen molar-refractivity contribution in [1.29, 1.82) is 0 Å². The number of nitrogens with one attached hydrogen (secondary N) is 1. The van der Waals surface area contributed by atoms with E-state index >= 15 is 0 Å². The van der Waals surface area contributed by atoms with Crippen LogP contribution in [0.1, 0.15) is 5.56 Å². The molecule has 0 spiro atoms. The monoisotopic (exact) mass is 188 g/mol. The van der Waals surface area contributed by atoms with E-state index in [-0.39, 0.29) is 0 Å². The number of rotatable bonds is 4. The molecule has 0 fully saturated rings. The Balaban J connectivity index is 2.68. The Bertz CT molecular complexity index is 348. The molecule has 1 aromatic carbocycles. The Kier molecular flexibility index (Phi) is 4.35. The van der Waals surface area contributed by atoms with Gasteiger partial charge in [0.05, 0.1) is 5.69 Å². The molecule has 0 radical (unpaired) electrons. The fraction of sp³-hybridized carbons (Fsp3) is 0.182. The van der Waals surface area contributed by atoms with Crippen molar-refractivity contribution in [3.63, 3.8) is 0 Å². The first-order valence-electron chi connectivity index (χ1n) is 4.36. The third-order valence-electron chi connectivity index (χ3n) is 1.70. The van der Waals surface area contributed by atoms with Gasteiger partial charge in [0, 0.05) is 6.54 Å². The molecule has 0 aliphatic heterocycles. The van der Waals surface area contributed by atoms with Crippen LogP contribution in [0.25, 0.3) is 6.08 Å². The lowest BCUT2D eigenvalue weighted by atomic mass is 10.2. The summed E-state index contributed by atoms with van der Waals surface area (Å²) in [5.74, 6) is 0. The Labute approximate surface area is 83.2 Å². The number of likely N-dealkylation sites (N-methyl/N-ethyl adjacent to an activating group) is 1. The van der Waals surface area contributed by atoms with Crippen LogP contribution < -0.4 is 5.32 Å². The number of nitrogens with zero attached hydrogens (tertiary/aromatic N) is 1. The average Bonchev–Trinajstić information content (AvgIpc) is 2.21. The number of carbonyl (C=O) groups excluding carboxylic acids is 1. The number of hydrogen-bond acceptors (Lipinski definition) is 3. The number of aliphatic imine (C=N–C) groups is 1. The molecule has 72 valence electrons. The zero-order valence-electron chi connectivity index (χ0n) is 8.03. The van der Waals surface area contributed by atoms with Gasteiger partial charge in [-0.1, -0.05) is 24.3 Å². The highest BCUT2D eigenvalue weighted by Gasteiger charge is 1.88. The Morgan fingerprint density at radius 2 is 2.14 bits per heavy atom. The van der Waals surface area contributed by atoms with Crippen molar-refractivity contribution in [2.75, 3.05) is 13.6 Å². The molecular formula is C11H12N2O. The molecule has 1 rings (SSSR count). The predicted octanol–water partition coefficient (Wildman–Crippen LogP) is 1.89. The SMILES string of the molecule is CNCC=Cc1ccc(N=C=O)cc1. The van der Waals surface area contributed by atoms with E-state index in [0.29, 0.717) is 5.69 Å². The van der Waals surface area contributed by atoms with Crippen LogP contribution in [0.3, 0.4) is 0 Å². The summed E-state index contributed by atoms with van der Waals surface area (Å²) < 4.78 is 0. The second-order valence-corrected chi connectivity index (χ2v) is 2.75. The Morgan fingerprint density at radius 3 is 2.71 bits per heavy atom. The molecule has 0 saturated carbocycles. The van der Waals surface area contributed by atoms with E-state index in [4.69, 9.17) is 0 Å². The fourth-order valence-corrected chi connectivity index (χ4v) is 1.03. The molecule has 0 aliphatic carbocycles. The van der Waals surface area contributed by atoms with E-state index < -0.39 is 0 Å². The average molecular weight is 188 g/mol. The fourth-order valence-electron chi connectivity index (χ4n) is 1.03. The molecule has 14 heavy (non-hydrogen) atoms. The van der Waals surface area contributed by atoms with Crippen LogP contribution in [-0.4, -0.2) is 19.7 Å². The molecule has 3 heteroatoms. The first-order valence-corrected chi connectivity index (χ1v) is 4.36. The number of benzene rings is 1. The van der Waals surface area contributed by atoms with Gasteiger partial charge in [-0.15, -0.1) is 0 Å². The molecule has 0 amide bonds. The lowest BCUT2D eigenvalue weighted by molar-refractivity contribution is 0.565. The van der Waals surface area contributed by atoms with Gasteiger partial charge in [0.1, 0.15) is 0 Å². The highest BCUT2D eigenvalue weighted by molar-refractivity contribution is 5.55. The first kappa shape index (κ1) is 10.4. The van der Waals surface area contributed by atoms with Crippen LogP contribution >= 0.6 is 0 Å². The maximum atomic E-state index is 9.96. The molecule has 0 atom stereocenters. The van der Waals surface area contributed by atoms with E-state index in [9.17, 15) is 4.79 Å². The Hall–Kier alpha value is -1.70. The van der Waals surface area contributed by atoms with Gasteiger partial charge in [-0.25, -0.2) is 4.79 Å². The van der Waals surface area contributed by atoms with Gasteiger partial charge in [0.2, 0.25) is 6.08 Å². The highest BCUT2D eigenvalue weighted by atomic mass is 16.1. The van der Waals surface area contributed by atoms with Gasteiger partial charge >= 0.3 is 0 Å². The second-order valence-electron chi connectivity index (χ2n) is 2.75. The standard InChI is InChI=1S/C11H12N2O/c1-12-8-2-3-10-4-6-11(7-5-10)13-9-14/h2-7,12H,8H2,1H3. The second kappa shape index (κ2) is 5.86. The molecule has 1 aromatic rings. The minimum atomic E-state index is 0.630. The third kappa shape index (κ3) is 3.35.